The zero-order valence-corrected chi connectivity index (χ0v) is 11.0. The first-order chi connectivity index (χ1) is 7.66. The van der Waals surface area contributed by atoms with Crippen LogP contribution in [0, 0.1) is 0 Å². The molecule has 0 aliphatic carbocycles. The van der Waals surface area contributed by atoms with Gasteiger partial charge in [0.15, 0.2) is 11.1 Å². The van der Waals surface area contributed by atoms with Gasteiger partial charge in [-0.05, 0) is 39.7 Å². The Bertz CT molecular complexity index is 544. The van der Waals surface area contributed by atoms with E-state index in [0.29, 0.717) is 6.61 Å². The van der Waals surface area contributed by atoms with Crippen molar-refractivity contribution in [2.24, 2.45) is 0 Å². The maximum atomic E-state index is 10.8. The van der Waals surface area contributed by atoms with Crippen LogP contribution in [-0.2, 0) is 21.9 Å². The van der Waals surface area contributed by atoms with Crippen LogP contribution in [0.25, 0.3) is 10.9 Å². The summed E-state index contributed by atoms with van der Waals surface area (Å²) in [7, 11) is 0. The van der Waals surface area contributed by atoms with Gasteiger partial charge in [-0.2, -0.15) is 0 Å². The molecule has 84 valence electrons. The van der Waals surface area contributed by atoms with Gasteiger partial charge in [0.25, 0.3) is 0 Å². The van der Waals surface area contributed by atoms with Gasteiger partial charge in [-0.1, -0.05) is 6.07 Å². The first-order valence-corrected chi connectivity index (χ1v) is 6.94. The lowest BCUT2D eigenvalue weighted by atomic mass is 10.1. The van der Waals surface area contributed by atoms with E-state index in [0.717, 1.165) is 20.9 Å². The van der Waals surface area contributed by atoms with Crippen LogP contribution in [0.2, 0.25) is 0 Å². The Morgan fingerprint density at radius 1 is 1.50 bits per heavy atom. The number of aromatic nitrogens is 1. The molecule has 0 saturated carbocycles. The summed E-state index contributed by atoms with van der Waals surface area (Å²) in [6.45, 7) is 0.340. The van der Waals surface area contributed by atoms with E-state index in [2.05, 4.69) is 20.9 Å². The van der Waals surface area contributed by atoms with E-state index in [-0.39, 0.29) is 0 Å². The zero-order chi connectivity index (χ0) is 11.5. The number of benzene rings is 1. The second kappa shape index (κ2) is 5.03. The maximum absolute atomic E-state index is 10.8. The minimum absolute atomic E-state index is 0.340. The lowest BCUT2D eigenvalue weighted by Crippen LogP contribution is -1.95. The van der Waals surface area contributed by atoms with E-state index in [1.54, 1.807) is 6.20 Å². The lowest BCUT2D eigenvalue weighted by Gasteiger charge is -2.04. The molecule has 0 radical (unpaired) electrons. The van der Waals surface area contributed by atoms with E-state index in [4.69, 9.17) is 4.18 Å². The molecular formula is C11H10BrNO2S. The van der Waals surface area contributed by atoms with Gasteiger partial charge in [0, 0.05) is 22.3 Å². The highest BCUT2D eigenvalue weighted by molar-refractivity contribution is 9.10. The highest BCUT2D eigenvalue weighted by atomic mass is 79.9. The van der Waals surface area contributed by atoms with Gasteiger partial charge in [0.1, 0.15) is 0 Å². The van der Waals surface area contributed by atoms with Crippen LogP contribution in [0.15, 0.2) is 34.9 Å². The van der Waals surface area contributed by atoms with Gasteiger partial charge >= 0.3 is 0 Å². The van der Waals surface area contributed by atoms with Crippen molar-refractivity contribution in [3.05, 3.63) is 40.5 Å². The molecule has 0 spiro atoms. The Labute approximate surface area is 105 Å². The standard InChI is InChI=1S/C11H10BrNO2S/c1-16(14)15-7-8-5-9-3-2-4-13-11(9)10(12)6-8/h2-6H,7H2,1H3. The van der Waals surface area contributed by atoms with Crippen LogP contribution in [0.1, 0.15) is 5.56 Å². The molecule has 1 aromatic carbocycles. The van der Waals surface area contributed by atoms with Crippen molar-refractivity contribution in [3.8, 4) is 0 Å². The predicted molar refractivity (Wildman–Crippen MR) is 68.3 cm³/mol. The molecule has 16 heavy (non-hydrogen) atoms. The number of nitrogens with zero attached hydrogens (tertiary/aromatic N) is 1. The predicted octanol–water partition coefficient (Wildman–Crippen LogP) is 2.81. The normalized spacial score (nSPS) is 12.9. The molecule has 0 N–H and O–H groups in total. The van der Waals surface area contributed by atoms with Crippen molar-refractivity contribution in [1.82, 2.24) is 4.98 Å². The summed E-state index contributed by atoms with van der Waals surface area (Å²) in [4.78, 5) is 4.27. The van der Waals surface area contributed by atoms with Crippen molar-refractivity contribution >= 4 is 37.9 Å². The van der Waals surface area contributed by atoms with Gasteiger partial charge in [-0.15, -0.1) is 0 Å². The summed E-state index contributed by atoms with van der Waals surface area (Å²) in [5.41, 5.74) is 1.89. The van der Waals surface area contributed by atoms with Crippen LogP contribution in [-0.4, -0.2) is 15.4 Å². The van der Waals surface area contributed by atoms with Gasteiger partial charge in [-0.25, -0.2) is 4.21 Å². The Balaban J connectivity index is 2.38. The average Bonchev–Trinajstić information content (AvgIpc) is 2.26. The largest absolute Gasteiger partial charge is 0.286 e. The number of rotatable bonds is 3. The highest BCUT2D eigenvalue weighted by Gasteiger charge is 2.03. The van der Waals surface area contributed by atoms with Gasteiger partial charge in [-0.3, -0.25) is 9.17 Å². The fraction of sp³-hybridized carbons (Fsp3) is 0.182. The van der Waals surface area contributed by atoms with Gasteiger partial charge < -0.3 is 0 Å². The zero-order valence-electron chi connectivity index (χ0n) is 8.64. The number of halogens is 1. The molecule has 5 heteroatoms. The molecule has 2 rings (SSSR count). The minimum atomic E-state index is -1.24. The molecule has 1 heterocycles. The van der Waals surface area contributed by atoms with E-state index in [9.17, 15) is 4.21 Å². The van der Waals surface area contributed by atoms with E-state index >= 15 is 0 Å². The Morgan fingerprint density at radius 2 is 2.31 bits per heavy atom. The third-order valence-electron chi connectivity index (χ3n) is 2.11. The molecule has 1 unspecified atom stereocenters. The van der Waals surface area contributed by atoms with Crippen LogP contribution >= 0.6 is 15.9 Å². The number of hydrogen-bond acceptors (Lipinski definition) is 3. The summed E-state index contributed by atoms with van der Waals surface area (Å²) in [5, 5.41) is 1.04. The second-order valence-corrected chi connectivity index (χ2v) is 5.21. The maximum Gasteiger partial charge on any atom is 0.152 e. The van der Waals surface area contributed by atoms with Crippen molar-refractivity contribution < 1.29 is 8.39 Å². The second-order valence-electron chi connectivity index (χ2n) is 3.32. The quantitative estimate of drug-likeness (QED) is 0.875. The monoisotopic (exact) mass is 299 g/mol. The summed E-state index contributed by atoms with van der Waals surface area (Å²) in [6, 6.07) is 7.79. The smallest absolute Gasteiger partial charge is 0.152 e. The molecule has 0 bridgehead atoms. The number of pyridine rings is 1. The minimum Gasteiger partial charge on any atom is -0.286 e. The SMILES string of the molecule is CS(=O)OCc1cc(Br)c2ncccc2c1. The molecule has 1 atom stereocenters. The van der Waals surface area contributed by atoms with Crippen molar-refractivity contribution in [2.75, 3.05) is 6.26 Å². The number of fused-ring (bicyclic) bond motifs is 1. The summed E-state index contributed by atoms with van der Waals surface area (Å²) >= 11 is 2.22. The van der Waals surface area contributed by atoms with Crippen LogP contribution in [0.4, 0.5) is 0 Å². The molecule has 2 aromatic rings. The van der Waals surface area contributed by atoms with E-state index < -0.39 is 11.1 Å². The van der Waals surface area contributed by atoms with Crippen LogP contribution in [0.3, 0.4) is 0 Å². The molecule has 3 nitrogen and oxygen atoms in total. The number of hydrogen-bond donors (Lipinski definition) is 0. The van der Waals surface area contributed by atoms with E-state index in [1.165, 1.54) is 6.26 Å². The summed E-state index contributed by atoms with van der Waals surface area (Å²) < 4.78 is 16.8. The average molecular weight is 300 g/mol. The summed E-state index contributed by atoms with van der Waals surface area (Å²) in [5.74, 6) is 0. The lowest BCUT2D eigenvalue weighted by molar-refractivity contribution is 0.340. The molecule has 0 aliphatic rings. The third kappa shape index (κ3) is 2.66. The first kappa shape index (κ1) is 11.7. The van der Waals surface area contributed by atoms with Gasteiger partial charge in [0.05, 0.1) is 12.1 Å². The molecule has 0 amide bonds. The topological polar surface area (TPSA) is 39.2 Å². The van der Waals surface area contributed by atoms with Crippen molar-refractivity contribution in [1.29, 1.82) is 0 Å². The molecule has 1 aromatic heterocycles. The Kier molecular flexibility index (Phi) is 3.68. The molecule has 0 fully saturated rings. The Morgan fingerprint density at radius 3 is 3.06 bits per heavy atom. The van der Waals surface area contributed by atoms with Gasteiger partial charge in [0.2, 0.25) is 0 Å². The summed E-state index contributed by atoms with van der Waals surface area (Å²) in [6.07, 6.45) is 3.27. The van der Waals surface area contributed by atoms with Crippen LogP contribution < -0.4 is 0 Å². The van der Waals surface area contributed by atoms with E-state index in [1.807, 2.05) is 24.3 Å². The Hall–Kier alpha value is -0.780. The van der Waals surface area contributed by atoms with Crippen molar-refractivity contribution in [3.63, 3.8) is 0 Å². The van der Waals surface area contributed by atoms with Crippen molar-refractivity contribution in [2.45, 2.75) is 6.61 Å². The third-order valence-corrected chi connectivity index (χ3v) is 3.16. The molecular weight excluding hydrogens is 290 g/mol. The molecule has 0 saturated heterocycles. The fourth-order valence-electron chi connectivity index (χ4n) is 1.44. The van der Waals surface area contributed by atoms with Crippen LogP contribution in [0.5, 0.6) is 0 Å². The highest BCUT2D eigenvalue weighted by Crippen LogP contribution is 2.24. The fourth-order valence-corrected chi connectivity index (χ4v) is 2.37. The molecule has 0 aliphatic heterocycles. The first-order valence-electron chi connectivity index (χ1n) is 4.66.